The summed E-state index contributed by atoms with van der Waals surface area (Å²) in [4.78, 5) is 4.92. The highest BCUT2D eigenvalue weighted by molar-refractivity contribution is 6.32. The molecule has 0 aliphatic carbocycles. The van der Waals surface area contributed by atoms with E-state index in [4.69, 9.17) is 21.1 Å². The van der Waals surface area contributed by atoms with E-state index in [1.807, 2.05) is 6.07 Å². The van der Waals surface area contributed by atoms with E-state index >= 15 is 0 Å². The van der Waals surface area contributed by atoms with Crippen molar-refractivity contribution in [2.24, 2.45) is 0 Å². The highest BCUT2D eigenvalue weighted by Gasteiger charge is 2.18. The number of nitrogens with zero attached hydrogens (tertiary/aromatic N) is 2. The van der Waals surface area contributed by atoms with Crippen LogP contribution in [0.5, 0.6) is 11.5 Å². The van der Waals surface area contributed by atoms with Gasteiger partial charge in [-0.15, -0.1) is 0 Å². The van der Waals surface area contributed by atoms with Gasteiger partial charge in [0.15, 0.2) is 11.5 Å². The van der Waals surface area contributed by atoms with Crippen molar-refractivity contribution in [2.75, 3.05) is 46.6 Å². The molecule has 1 fully saturated rings. The highest BCUT2D eigenvalue weighted by atomic mass is 35.5. The Morgan fingerprint density at radius 2 is 1.95 bits per heavy atom. The molecule has 0 amide bonds. The van der Waals surface area contributed by atoms with Crippen LogP contribution in [0.4, 0.5) is 0 Å². The zero-order valence-corrected chi connectivity index (χ0v) is 12.7. The summed E-state index contributed by atoms with van der Waals surface area (Å²) >= 11 is 6.20. The zero-order chi connectivity index (χ0) is 13.9. The molecule has 5 heteroatoms. The molecule has 3 rings (SSSR count). The Hall–Kier alpha value is -0.970. The fourth-order valence-corrected chi connectivity index (χ4v) is 3.03. The second-order valence-corrected chi connectivity index (χ2v) is 5.97. The number of likely N-dealkylation sites (N-methyl/N-ethyl adjacent to an activating group) is 1. The van der Waals surface area contributed by atoms with Crippen molar-refractivity contribution < 1.29 is 9.47 Å². The van der Waals surface area contributed by atoms with Crippen LogP contribution >= 0.6 is 11.6 Å². The minimum absolute atomic E-state index is 0.278. The first-order valence-electron chi connectivity index (χ1n) is 7.21. The van der Waals surface area contributed by atoms with E-state index in [2.05, 4.69) is 22.9 Å². The first-order valence-corrected chi connectivity index (χ1v) is 7.59. The van der Waals surface area contributed by atoms with Crippen LogP contribution < -0.4 is 9.47 Å². The summed E-state index contributed by atoms with van der Waals surface area (Å²) < 4.78 is 10.7. The first-order chi connectivity index (χ1) is 9.72. The van der Waals surface area contributed by atoms with Crippen molar-refractivity contribution in [3.63, 3.8) is 0 Å². The fourth-order valence-electron chi connectivity index (χ4n) is 2.74. The monoisotopic (exact) mass is 296 g/mol. The van der Waals surface area contributed by atoms with Gasteiger partial charge in [-0.25, -0.2) is 0 Å². The van der Waals surface area contributed by atoms with E-state index in [9.17, 15) is 0 Å². The largest absolute Gasteiger partial charge is 0.454 e. The second-order valence-electron chi connectivity index (χ2n) is 5.56. The summed E-state index contributed by atoms with van der Waals surface area (Å²) in [6.07, 6.45) is 2.18. The van der Waals surface area contributed by atoms with Crippen molar-refractivity contribution in [1.29, 1.82) is 0 Å². The molecule has 0 radical (unpaired) electrons. The lowest BCUT2D eigenvalue weighted by Crippen LogP contribution is -2.44. The third-order valence-electron chi connectivity index (χ3n) is 4.02. The molecule has 110 valence electrons. The average molecular weight is 297 g/mol. The van der Waals surface area contributed by atoms with E-state index in [1.54, 1.807) is 0 Å². The summed E-state index contributed by atoms with van der Waals surface area (Å²) in [7, 11) is 2.19. The van der Waals surface area contributed by atoms with E-state index in [-0.39, 0.29) is 6.79 Å². The zero-order valence-electron chi connectivity index (χ0n) is 11.9. The molecule has 0 saturated carbocycles. The van der Waals surface area contributed by atoms with Crippen LogP contribution in [-0.2, 0) is 6.42 Å². The Morgan fingerprint density at radius 3 is 2.75 bits per heavy atom. The predicted molar refractivity (Wildman–Crippen MR) is 79.8 cm³/mol. The molecule has 1 aromatic carbocycles. The van der Waals surface area contributed by atoms with Crippen LogP contribution in [0.3, 0.4) is 0 Å². The van der Waals surface area contributed by atoms with Crippen molar-refractivity contribution >= 4 is 11.6 Å². The Balaban J connectivity index is 1.50. The SMILES string of the molecule is CN1CCN(CCCc2cc(Cl)c3c(c2)OCO3)CC1. The number of piperazine rings is 1. The Morgan fingerprint density at radius 1 is 1.15 bits per heavy atom. The minimum atomic E-state index is 0.278. The average Bonchev–Trinajstić information content (AvgIpc) is 2.90. The van der Waals surface area contributed by atoms with Gasteiger partial charge in [-0.3, -0.25) is 0 Å². The number of hydrogen-bond donors (Lipinski definition) is 0. The molecule has 2 aliphatic rings. The second kappa shape index (κ2) is 6.20. The lowest BCUT2D eigenvalue weighted by molar-refractivity contribution is 0.153. The van der Waals surface area contributed by atoms with Gasteiger partial charge in [0.2, 0.25) is 6.79 Å². The van der Waals surface area contributed by atoms with Crippen LogP contribution in [-0.4, -0.2) is 56.4 Å². The molecule has 0 aromatic heterocycles. The maximum atomic E-state index is 6.20. The lowest BCUT2D eigenvalue weighted by Gasteiger charge is -2.32. The van der Waals surface area contributed by atoms with Gasteiger partial charge in [0.05, 0.1) is 5.02 Å². The number of benzene rings is 1. The Labute approximate surface area is 125 Å². The minimum Gasteiger partial charge on any atom is -0.454 e. The molecule has 1 saturated heterocycles. The number of aryl methyl sites for hydroxylation is 1. The fraction of sp³-hybridized carbons (Fsp3) is 0.600. The predicted octanol–water partition coefficient (Wildman–Crippen LogP) is 2.25. The molecular weight excluding hydrogens is 276 g/mol. The van der Waals surface area contributed by atoms with Gasteiger partial charge >= 0.3 is 0 Å². The van der Waals surface area contributed by atoms with Crippen LogP contribution in [0.2, 0.25) is 5.02 Å². The quantitative estimate of drug-likeness (QED) is 0.851. The summed E-state index contributed by atoms with van der Waals surface area (Å²) in [6.45, 7) is 6.14. The van der Waals surface area contributed by atoms with Gasteiger partial charge in [0.25, 0.3) is 0 Å². The summed E-state index contributed by atoms with van der Waals surface area (Å²) in [5.41, 5.74) is 1.23. The van der Waals surface area contributed by atoms with E-state index in [0.717, 1.165) is 25.1 Å². The standard InChI is InChI=1S/C15H21ClN2O2/c1-17-5-7-18(8-6-17)4-2-3-12-9-13(16)15-14(10-12)19-11-20-15/h9-10H,2-8,11H2,1H3. The van der Waals surface area contributed by atoms with E-state index in [1.165, 1.54) is 31.7 Å². The van der Waals surface area contributed by atoms with Gasteiger partial charge in [-0.1, -0.05) is 11.6 Å². The summed E-state index contributed by atoms with van der Waals surface area (Å²) in [6, 6.07) is 4.05. The Kier molecular flexibility index (Phi) is 4.34. The first kappa shape index (κ1) is 14.0. The van der Waals surface area contributed by atoms with E-state index in [0.29, 0.717) is 10.8 Å². The van der Waals surface area contributed by atoms with Gasteiger partial charge in [-0.2, -0.15) is 0 Å². The van der Waals surface area contributed by atoms with Crippen LogP contribution in [0.1, 0.15) is 12.0 Å². The van der Waals surface area contributed by atoms with Gasteiger partial charge in [0.1, 0.15) is 0 Å². The van der Waals surface area contributed by atoms with E-state index < -0.39 is 0 Å². The molecule has 20 heavy (non-hydrogen) atoms. The highest BCUT2D eigenvalue weighted by Crippen LogP contribution is 2.39. The normalized spacial score (nSPS) is 19.5. The van der Waals surface area contributed by atoms with Crippen molar-refractivity contribution in [2.45, 2.75) is 12.8 Å². The number of rotatable bonds is 4. The molecular formula is C15H21ClN2O2. The third kappa shape index (κ3) is 3.19. The molecule has 0 bridgehead atoms. The van der Waals surface area contributed by atoms with Crippen molar-refractivity contribution in [3.05, 3.63) is 22.7 Å². The maximum absolute atomic E-state index is 6.20. The molecule has 2 heterocycles. The van der Waals surface area contributed by atoms with Gasteiger partial charge in [0, 0.05) is 26.2 Å². The molecule has 0 unspecified atom stereocenters. The summed E-state index contributed by atoms with van der Waals surface area (Å²) in [5, 5.41) is 0.662. The lowest BCUT2D eigenvalue weighted by atomic mass is 10.1. The third-order valence-corrected chi connectivity index (χ3v) is 4.30. The van der Waals surface area contributed by atoms with Crippen molar-refractivity contribution in [3.8, 4) is 11.5 Å². The molecule has 0 N–H and O–H groups in total. The molecule has 0 spiro atoms. The van der Waals surface area contributed by atoms with Crippen LogP contribution in [0, 0.1) is 0 Å². The van der Waals surface area contributed by atoms with Crippen LogP contribution in [0.15, 0.2) is 12.1 Å². The number of hydrogen-bond acceptors (Lipinski definition) is 4. The van der Waals surface area contributed by atoms with Gasteiger partial charge in [-0.05, 0) is 44.1 Å². The molecule has 0 atom stereocenters. The van der Waals surface area contributed by atoms with Crippen molar-refractivity contribution in [1.82, 2.24) is 9.80 Å². The smallest absolute Gasteiger partial charge is 0.231 e. The molecule has 4 nitrogen and oxygen atoms in total. The molecule has 2 aliphatic heterocycles. The number of ether oxygens (including phenoxy) is 2. The molecule has 1 aromatic rings. The Bertz CT molecular complexity index is 473. The topological polar surface area (TPSA) is 24.9 Å². The van der Waals surface area contributed by atoms with Crippen LogP contribution in [0.25, 0.3) is 0 Å². The summed E-state index contributed by atoms with van der Waals surface area (Å²) in [5.74, 6) is 1.47. The number of halogens is 1. The van der Waals surface area contributed by atoms with Gasteiger partial charge < -0.3 is 19.3 Å². The maximum Gasteiger partial charge on any atom is 0.231 e. The number of fused-ring (bicyclic) bond motifs is 1.